The third-order valence-corrected chi connectivity index (χ3v) is 12.9. The van der Waals surface area contributed by atoms with E-state index in [0.29, 0.717) is 25.7 Å². The van der Waals surface area contributed by atoms with Crippen LogP contribution >= 0.6 is 0 Å². The zero-order valence-corrected chi connectivity index (χ0v) is 30.7. The van der Waals surface area contributed by atoms with Crippen molar-refractivity contribution >= 4 is 17.6 Å². The van der Waals surface area contributed by atoms with Crippen LogP contribution in [0.4, 0.5) is 74.6 Å². The van der Waals surface area contributed by atoms with Gasteiger partial charge in [-0.1, -0.05) is 13.8 Å². The van der Waals surface area contributed by atoms with E-state index in [1.807, 2.05) is 20.8 Å². The van der Waals surface area contributed by atoms with E-state index in [4.69, 9.17) is 13.3 Å². The summed E-state index contributed by atoms with van der Waals surface area (Å²) in [6, 6.07) is 0.905. The van der Waals surface area contributed by atoms with Gasteiger partial charge in [-0.15, -0.1) is 0 Å². The second-order valence-corrected chi connectivity index (χ2v) is 15.8. The molecule has 51 heavy (non-hydrogen) atoms. The topological polar surface area (TPSA) is 55.4 Å². The lowest BCUT2D eigenvalue weighted by atomic mass is 9.89. The van der Waals surface area contributed by atoms with Gasteiger partial charge in [0.15, 0.2) is 6.17 Å². The van der Waals surface area contributed by atoms with E-state index in [1.54, 1.807) is 0 Å². The molecule has 310 valence electrons. The van der Waals surface area contributed by atoms with Gasteiger partial charge in [-0.2, -0.15) is 52.7 Å². The molecule has 0 aliphatic carbocycles. The van der Waals surface area contributed by atoms with E-state index in [-0.39, 0.29) is 0 Å². The van der Waals surface area contributed by atoms with Gasteiger partial charge in [-0.25, -0.2) is 22.0 Å². The van der Waals surface area contributed by atoms with Crippen LogP contribution < -0.4 is 0 Å². The predicted octanol–water partition coefficient (Wildman–Crippen LogP) is 9.36. The summed E-state index contributed by atoms with van der Waals surface area (Å²) in [5.74, 6) is -52.3. The van der Waals surface area contributed by atoms with E-state index in [0.717, 1.165) is 26.8 Å². The van der Waals surface area contributed by atoms with Crippen LogP contribution in [-0.2, 0) is 26.6 Å². The van der Waals surface area contributed by atoms with E-state index >= 15 is 0 Å². The zero-order chi connectivity index (χ0) is 41.1. The van der Waals surface area contributed by atoms with Gasteiger partial charge in [0.2, 0.25) is 12.0 Å². The molecule has 0 aliphatic rings. The lowest BCUT2D eigenvalue weighted by molar-refractivity contribution is -0.433. The monoisotopic (exact) mass is 830 g/mol. The standard InChI is InChI=1S/C16H19F17O3Si.C10H24O3Si/c1-4-34-37(35-5-2,36-6-3)10(21)12(24,25)14(28,29)16(32,33)15(30,31)13(26,27)11(22,23)8(18)7(17)9(19)20;1-6-11-14(12-7-2,13-8-3)9-10(4)5/h7-10H,4-6H2,1-3H3;10H,6-9H2,1-5H3. The molecular weight excluding hydrogens is 787 g/mol. The van der Waals surface area contributed by atoms with Crippen molar-refractivity contribution in [1.82, 2.24) is 0 Å². The average molecular weight is 831 g/mol. The second kappa shape index (κ2) is 20.1. The van der Waals surface area contributed by atoms with Crippen molar-refractivity contribution in [3.8, 4) is 0 Å². The van der Waals surface area contributed by atoms with Crippen LogP contribution in [0.2, 0.25) is 6.04 Å². The van der Waals surface area contributed by atoms with E-state index in [1.165, 1.54) is 0 Å². The molecule has 0 aromatic rings. The molecule has 6 nitrogen and oxygen atoms in total. The summed E-state index contributed by atoms with van der Waals surface area (Å²) in [5.41, 5.74) is 0. The summed E-state index contributed by atoms with van der Waals surface area (Å²) in [7, 11) is -8.27. The minimum Gasteiger partial charge on any atom is -0.374 e. The van der Waals surface area contributed by atoms with Gasteiger partial charge in [0.25, 0.3) is 6.43 Å². The average Bonchev–Trinajstić information content (AvgIpc) is 2.99. The van der Waals surface area contributed by atoms with Crippen molar-refractivity contribution in [2.75, 3.05) is 39.6 Å². The molecule has 0 aromatic carbocycles. The highest BCUT2D eigenvalue weighted by atomic mass is 28.4. The van der Waals surface area contributed by atoms with Crippen LogP contribution in [0.1, 0.15) is 55.4 Å². The molecule has 0 amide bonds. The van der Waals surface area contributed by atoms with Crippen LogP contribution in [0.3, 0.4) is 0 Å². The summed E-state index contributed by atoms with van der Waals surface area (Å²) in [6.07, 6.45) is -15.7. The van der Waals surface area contributed by atoms with E-state index in [2.05, 4.69) is 27.1 Å². The Hall–Kier alpha value is -0.996. The summed E-state index contributed by atoms with van der Waals surface area (Å²) in [4.78, 5) is 0. The van der Waals surface area contributed by atoms with Crippen molar-refractivity contribution in [2.24, 2.45) is 5.92 Å². The second-order valence-electron chi connectivity index (χ2n) is 10.6. The van der Waals surface area contributed by atoms with Gasteiger partial charge < -0.3 is 26.6 Å². The van der Waals surface area contributed by atoms with Gasteiger partial charge in [0.05, 0.1) is 0 Å². The van der Waals surface area contributed by atoms with Crippen LogP contribution in [0.5, 0.6) is 0 Å². The summed E-state index contributed by atoms with van der Waals surface area (Å²) in [5, 5.41) is 0. The minimum absolute atomic E-state index is 0.548. The van der Waals surface area contributed by atoms with Gasteiger partial charge in [0, 0.05) is 45.7 Å². The third kappa shape index (κ3) is 11.0. The molecule has 0 saturated heterocycles. The Bertz CT molecular complexity index is 964. The maximum absolute atomic E-state index is 14.7. The first-order chi connectivity index (χ1) is 22.9. The molecule has 0 bridgehead atoms. The fourth-order valence-corrected chi connectivity index (χ4v) is 9.55. The number of rotatable bonds is 24. The highest BCUT2D eigenvalue weighted by molar-refractivity contribution is 6.62. The number of hydrogen-bond donors (Lipinski definition) is 0. The Kier molecular flexibility index (Phi) is 20.5. The van der Waals surface area contributed by atoms with Gasteiger partial charge in [-0.05, 0) is 47.5 Å². The minimum atomic E-state index is -8.45. The first-order valence-corrected chi connectivity index (χ1v) is 19.0. The summed E-state index contributed by atoms with van der Waals surface area (Å²) < 4.78 is 262. The summed E-state index contributed by atoms with van der Waals surface area (Å²) >= 11 is 0. The fraction of sp³-hybridized carbons (Fsp3) is 1.00. The maximum atomic E-state index is 14.7. The molecule has 0 rings (SSSR count). The predicted molar refractivity (Wildman–Crippen MR) is 151 cm³/mol. The van der Waals surface area contributed by atoms with E-state index in [9.17, 15) is 74.6 Å². The lowest BCUT2D eigenvalue weighted by Crippen LogP contribution is -2.75. The third-order valence-electron chi connectivity index (χ3n) is 6.30. The molecule has 3 unspecified atom stereocenters. The molecule has 0 spiro atoms. The van der Waals surface area contributed by atoms with Crippen molar-refractivity contribution in [3.63, 3.8) is 0 Å². The molecule has 0 aromatic heterocycles. The molecular formula is C26H43F17O6Si2. The van der Waals surface area contributed by atoms with Crippen molar-refractivity contribution in [2.45, 2.75) is 122 Å². The van der Waals surface area contributed by atoms with Crippen molar-refractivity contribution in [1.29, 1.82) is 0 Å². The Morgan fingerprint density at radius 2 is 0.745 bits per heavy atom. The van der Waals surface area contributed by atoms with Gasteiger partial charge in [-0.3, -0.25) is 0 Å². The first-order valence-electron chi connectivity index (χ1n) is 15.3. The summed E-state index contributed by atoms with van der Waals surface area (Å²) in [6.45, 7) is 12.2. The molecule has 3 atom stereocenters. The van der Waals surface area contributed by atoms with Crippen LogP contribution in [0.25, 0.3) is 0 Å². The molecule has 0 fully saturated rings. The van der Waals surface area contributed by atoms with Crippen LogP contribution in [-0.4, -0.2) is 117 Å². The smallest absolute Gasteiger partial charge is 0.374 e. The van der Waals surface area contributed by atoms with Gasteiger partial charge in [0.1, 0.15) is 0 Å². The van der Waals surface area contributed by atoms with Gasteiger partial charge >= 0.3 is 53.1 Å². The lowest BCUT2D eigenvalue weighted by Gasteiger charge is -2.43. The highest BCUT2D eigenvalue weighted by Gasteiger charge is 2.93. The first kappa shape index (κ1) is 52.1. The Balaban J connectivity index is 0. The molecule has 0 heterocycles. The Labute approximate surface area is 286 Å². The Morgan fingerprint density at radius 3 is 1.00 bits per heavy atom. The largest absolute Gasteiger partial charge is 0.543 e. The maximum Gasteiger partial charge on any atom is 0.543 e. The molecule has 0 aliphatic heterocycles. The number of hydrogen-bond acceptors (Lipinski definition) is 6. The van der Waals surface area contributed by atoms with E-state index < -0.39 is 97.5 Å². The van der Waals surface area contributed by atoms with Crippen molar-refractivity contribution < 1.29 is 101 Å². The SMILES string of the molecule is CCO[Si](CC(C)C)(OCC)OCC.CCO[Si](OCC)(OCC)C(F)C(F)(F)C(F)(F)C(F)(F)C(F)(F)C(F)(F)C(F)(F)C(F)C(F)C(F)F. The quantitative estimate of drug-likeness (QED) is 0.0715. The number of alkyl halides is 17. The molecule has 0 N–H and O–H groups in total. The van der Waals surface area contributed by atoms with Crippen LogP contribution in [0.15, 0.2) is 0 Å². The normalized spacial score (nSPS) is 16.3. The molecule has 25 heteroatoms. The van der Waals surface area contributed by atoms with Crippen molar-refractivity contribution in [3.05, 3.63) is 0 Å². The van der Waals surface area contributed by atoms with Crippen LogP contribution in [0, 0.1) is 5.92 Å². The zero-order valence-electron chi connectivity index (χ0n) is 28.7. The molecule has 0 radical (unpaired) electrons. The Morgan fingerprint density at radius 1 is 0.451 bits per heavy atom. The fourth-order valence-electron chi connectivity index (χ4n) is 4.10. The molecule has 0 saturated carbocycles. The number of halogens is 17. The highest BCUT2D eigenvalue weighted by Crippen LogP contribution is 2.62.